The Bertz CT molecular complexity index is 358. The molecule has 2 unspecified atom stereocenters. The number of thioether (sulfide) groups is 1. The van der Waals surface area contributed by atoms with Gasteiger partial charge in [0.1, 0.15) is 0 Å². The van der Waals surface area contributed by atoms with E-state index in [1.54, 1.807) is 11.8 Å². The fourth-order valence-electron chi connectivity index (χ4n) is 1.98. The number of aliphatic hydroxyl groups is 1. The summed E-state index contributed by atoms with van der Waals surface area (Å²) >= 11 is 7.88. The van der Waals surface area contributed by atoms with Gasteiger partial charge in [0.2, 0.25) is 0 Å². The van der Waals surface area contributed by atoms with Crippen molar-refractivity contribution in [2.45, 2.75) is 23.3 Å². The SMILES string of the molecule is NCC(O)C1CCSc2c(Cl)cccc21. The van der Waals surface area contributed by atoms with Gasteiger partial charge in [-0.3, -0.25) is 0 Å². The molecular weight excluding hydrogens is 230 g/mol. The minimum absolute atomic E-state index is 0.143. The average molecular weight is 244 g/mol. The average Bonchev–Trinajstić information content (AvgIpc) is 2.28. The first kappa shape index (κ1) is 11.3. The number of fused-ring (bicyclic) bond motifs is 1. The quantitative estimate of drug-likeness (QED) is 0.838. The number of halogens is 1. The minimum atomic E-state index is -0.455. The van der Waals surface area contributed by atoms with Crippen LogP contribution in [-0.4, -0.2) is 23.5 Å². The minimum Gasteiger partial charge on any atom is -0.391 e. The molecule has 0 saturated carbocycles. The first-order chi connectivity index (χ1) is 7.24. The van der Waals surface area contributed by atoms with E-state index in [2.05, 4.69) is 0 Å². The second kappa shape index (κ2) is 4.74. The molecule has 1 aromatic carbocycles. The van der Waals surface area contributed by atoms with Crippen LogP contribution in [0, 0.1) is 0 Å². The maximum Gasteiger partial charge on any atom is 0.0731 e. The van der Waals surface area contributed by atoms with Crippen molar-refractivity contribution in [1.82, 2.24) is 0 Å². The Balaban J connectivity index is 2.38. The van der Waals surface area contributed by atoms with Gasteiger partial charge in [0.05, 0.1) is 11.1 Å². The molecule has 0 amide bonds. The Kier molecular flexibility index (Phi) is 3.57. The van der Waals surface area contributed by atoms with Crippen LogP contribution in [0.3, 0.4) is 0 Å². The van der Waals surface area contributed by atoms with E-state index in [0.717, 1.165) is 27.7 Å². The highest BCUT2D eigenvalue weighted by molar-refractivity contribution is 7.99. The van der Waals surface area contributed by atoms with Crippen LogP contribution in [0.5, 0.6) is 0 Å². The Morgan fingerprint density at radius 1 is 1.60 bits per heavy atom. The Morgan fingerprint density at radius 2 is 2.40 bits per heavy atom. The van der Waals surface area contributed by atoms with E-state index in [1.165, 1.54) is 0 Å². The molecule has 0 fully saturated rings. The standard InChI is InChI=1S/C11H14ClNOS/c12-9-3-1-2-8-7(10(14)6-13)4-5-15-11(8)9/h1-3,7,10,14H,4-6,13H2. The van der Waals surface area contributed by atoms with Gasteiger partial charge in [-0.05, 0) is 23.8 Å². The fraction of sp³-hybridized carbons (Fsp3) is 0.455. The Labute approximate surface area is 98.8 Å². The van der Waals surface area contributed by atoms with Crippen molar-refractivity contribution in [1.29, 1.82) is 0 Å². The lowest BCUT2D eigenvalue weighted by Crippen LogP contribution is -2.29. The fourth-order valence-corrected chi connectivity index (χ4v) is 3.49. The first-order valence-electron chi connectivity index (χ1n) is 5.03. The predicted octanol–water partition coefficient (Wildman–Crippen LogP) is 2.24. The number of rotatable bonds is 2. The Morgan fingerprint density at radius 3 is 3.13 bits per heavy atom. The van der Waals surface area contributed by atoms with Crippen LogP contribution in [0.15, 0.2) is 23.1 Å². The summed E-state index contributed by atoms with van der Waals surface area (Å²) < 4.78 is 0. The second-order valence-electron chi connectivity index (χ2n) is 3.70. The highest BCUT2D eigenvalue weighted by atomic mass is 35.5. The van der Waals surface area contributed by atoms with E-state index in [1.807, 2.05) is 18.2 Å². The Hall–Kier alpha value is -0.220. The number of benzene rings is 1. The van der Waals surface area contributed by atoms with E-state index in [4.69, 9.17) is 17.3 Å². The van der Waals surface area contributed by atoms with E-state index < -0.39 is 6.10 Å². The van der Waals surface area contributed by atoms with Gasteiger partial charge in [-0.25, -0.2) is 0 Å². The molecule has 1 heterocycles. The van der Waals surface area contributed by atoms with Gasteiger partial charge >= 0.3 is 0 Å². The smallest absolute Gasteiger partial charge is 0.0731 e. The van der Waals surface area contributed by atoms with Crippen molar-refractivity contribution in [3.05, 3.63) is 28.8 Å². The van der Waals surface area contributed by atoms with Gasteiger partial charge in [0, 0.05) is 17.4 Å². The van der Waals surface area contributed by atoms with Crippen molar-refractivity contribution in [2.75, 3.05) is 12.3 Å². The van der Waals surface area contributed by atoms with Crippen molar-refractivity contribution in [2.24, 2.45) is 5.73 Å². The van der Waals surface area contributed by atoms with E-state index in [9.17, 15) is 5.11 Å². The zero-order chi connectivity index (χ0) is 10.8. The van der Waals surface area contributed by atoms with Crippen molar-refractivity contribution >= 4 is 23.4 Å². The molecule has 0 aromatic heterocycles. The van der Waals surface area contributed by atoms with Gasteiger partial charge < -0.3 is 10.8 Å². The van der Waals surface area contributed by atoms with Crippen LogP contribution < -0.4 is 5.73 Å². The van der Waals surface area contributed by atoms with Crippen LogP contribution in [0.1, 0.15) is 17.9 Å². The number of hydrogen-bond donors (Lipinski definition) is 2. The topological polar surface area (TPSA) is 46.2 Å². The van der Waals surface area contributed by atoms with Gasteiger partial charge in [0.25, 0.3) is 0 Å². The van der Waals surface area contributed by atoms with Crippen LogP contribution in [0.4, 0.5) is 0 Å². The summed E-state index contributed by atoms with van der Waals surface area (Å²) in [4.78, 5) is 1.11. The third-order valence-electron chi connectivity index (χ3n) is 2.78. The molecule has 0 saturated heterocycles. The summed E-state index contributed by atoms with van der Waals surface area (Å²) in [5.74, 6) is 1.14. The largest absolute Gasteiger partial charge is 0.391 e. The molecule has 2 atom stereocenters. The summed E-state index contributed by atoms with van der Waals surface area (Å²) in [6, 6.07) is 5.87. The maximum atomic E-state index is 9.84. The van der Waals surface area contributed by atoms with Gasteiger partial charge in [-0.2, -0.15) is 0 Å². The molecular formula is C11H14ClNOS. The molecule has 2 rings (SSSR count). The van der Waals surface area contributed by atoms with Gasteiger partial charge in [0.15, 0.2) is 0 Å². The van der Waals surface area contributed by atoms with Crippen LogP contribution >= 0.6 is 23.4 Å². The van der Waals surface area contributed by atoms with Crippen LogP contribution in [0.25, 0.3) is 0 Å². The first-order valence-corrected chi connectivity index (χ1v) is 6.39. The molecule has 15 heavy (non-hydrogen) atoms. The normalized spacial score (nSPS) is 22.2. The lowest BCUT2D eigenvalue weighted by molar-refractivity contribution is 0.147. The molecule has 3 N–H and O–H groups in total. The molecule has 0 bridgehead atoms. The molecule has 0 spiro atoms. The zero-order valence-corrected chi connectivity index (χ0v) is 9.89. The van der Waals surface area contributed by atoms with Gasteiger partial charge in [-0.15, -0.1) is 11.8 Å². The van der Waals surface area contributed by atoms with Crippen LogP contribution in [-0.2, 0) is 0 Å². The van der Waals surface area contributed by atoms with Crippen molar-refractivity contribution < 1.29 is 5.11 Å². The second-order valence-corrected chi connectivity index (χ2v) is 5.22. The summed E-state index contributed by atoms with van der Waals surface area (Å²) in [6.07, 6.45) is 0.513. The molecule has 1 aliphatic rings. The van der Waals surface area contributed by atoms with Gasteiger partial charge in [-0.1, -0.05) is 23.7 Å². The van der Waals surface area contributed by atoms with E-state index in [-0.39, 0.29) is 5.92 Å². The zero-order valence-electron chi connectivity index (χ0n) is 8.32. The molecule has 1 aromatic rings. The predicted molar refractivity (Wildman–Crippen MR) is 64.6 cm³/mol. The number of nitrogens with two attached hydrogens (primary N) is 1. The highest BCUT2D eigenvalue weighted by Crippen LogP contribution is 2.42. The molecule has 0 radical (unpaired) electrons. The molecule has 1 aliphatic heterocycles. The third kappa shape index (κ3) is 2.16. The molecule has 2 nitrogen and oxygen atoms in total. The number of aliphatic hydroxyl groups excluding tert-OH is 1. The summed E-state index contributed by atoms with van der Waals surface area (Å²) in [6.45, 7) is 0.307. The summed E-state index contributed by atoms with van der Waals surface area (Å²) in [5.41, 5.74) is 6.66. The van der Waals surface area contributed by atoms with Crippen molar-refractivity contribution in [3.63, 3.8) is 0 Å². The number of hydrogen-bond acceptors (Lipinski definition) is 3. The summed E-state index contributed by atoms with van der Waals surface area (Å²) in [5, 5.41) is 10.6. The lowest BCUT2D eigenvalue weighted by Gasteiger charge is -2.28. The highest BCUT2D eigenvalue weighted by Gasteiger charge is 2.27. The molecule has 4 heteroatoms. The third-order valence-corrected chi connectivity index (χ3v) is 4.39. The summed E-state index contributed by atoms with van der Waals surface area (Å²) in [7, 11) is 0. The maximum absolute atomic E-state index is 9.84. The van der Waals surface area contributed by atoms with Crippen molar-refractivity contribution in [3.8, 4) is 0 Å². The monoisotopic (exact) mass is 243 g/mol. The van der Waals surface area contributed by atoms with Crippen LogP contribution in [0.2, 0.25) is 5.02 Å². The molecule has 82 valence electrons. The molecule has 0 aliphatic carbocycles. The lowest BCUT2D eigenvalue weighted by atomic mass is 9.90. The van der Waals surface area contributed by atoms with E-state index >= 15 is 0 Å². The van der Waals surface area contributed by atoms with E-state index in [0.29, 0.717) is 6.54 Å².